The number of nitrogens with one attached hydrogen (secondary N) is 1. The van der Waals surface area contributed by atoms with Crippen molar-refractivity contribution in [2.45, 2.75) is 56.4 Å². The van der Waals surface area contributed by atoms with Crippen LogP contribution in [0.4, 0.5) is 0 Å². The molecule has 4 rings (SSSR count). The summed E-state index contributed by atoms with van der Waals surface area (Å²) in [4.78, 5) is 13.1. The molecule has 1 heterocycles. The Hall–Kier alpha value is -1.89. The zero-order valence-corrected chi connectivity index (χ0v) is 19.4. The molecule has 7 heteroatoms. The van der Waals surface area contributed by atoms with E-state index in [4.69, 9.17) is 11.6 Å². The van der Waals surface area contributed by atoms with E-state index in [1.165, 1.54) is 16.3 Å². The van der Waals surface area contributed by atoms with Gasteiger partial charge in [-0.2, -0.15) is 4.31 Å². The van der Waals surface area contributed by atoms with Crippen LogP contribution >= 0.6 is 11.6 Å². The second-order valence-electron chi connectivity index (χ2n) is 8.60. The number of benzene rings is 2. The fourth-order valence-electron chi connectivity index (χ4n) is 4.57. The third-order valence-electron chi connectivity index (χ3n) is 6.49. The molecule has 1 N–H and O–H groups in total. The smallest absolute Gasteiger partial charge is 0.243 e. The van der Waals surface area contributed by atoms with Gasteiger partial charge < -0.3 is 5.32 Å². The summed E-state index contributed by atoms with van der Waals surface area (Å²) in [5.74, 6) is -0.213. The minimum Gasteiger partial charge on any atom is -0.349 e. The molecule has 1 unspecified atom stereocenters. The molecular formula is C24H29ClN2O3S. The van der Waals surface area contributed by atoms with Gasteiger partial charge in [0, 0.05) is 24.0 Å². The Bertz CT molecular complexity index is 1060. The van der Waals surface area contributed by atoms with Crippen LogP contribution in [0.5, 0.6) is 0 Å². The lowest BCUT2D eigenvalue weighted by atomic mass is 9.92. The summed E-state index contributed by atoms with van der Waals surface area (Å²) in [7, 11) is -3.53. The molecule has 1 amide bonds. The Balaban J connectivity index is 1.37. The van der Waals surface area contributed by atoms with E-state index in [0.717, 1.165) is 30.4 Å². The fourth-order valence-corrected chi connectivity index (χ4v) is 6.29. The van der Waals surface area contributed by atoms with Crippen LogP contribution in [0.2, 0.25) is 5.02 Å². The first-order valence-corrected chi connectivity index (χ1v) is 12.8. The van der Waals surface area contributed by atoms with Gasteiger partial charge in [-0.1, -0.05) is 29.8 Å². The highest BCUT2D eigenvalue weighted by Gasteiger charge is 2.33. The van der Waals surface area contributed by atoms with Crippen LogP contribution in [0.3, 0.4) is 0 Å². The van der Waals surface area contributed by atoms with Crippen molar-refractivity contribution in [1.29, 1.82) is 0 Å². The number of nitrogens with zero attached hydrogens (tertiary/aromatic N) is 1. The van der Waals surface area contributed by atoms with E-state index >= 15 is 0 Å². The van der Waals surface area contributed by atoms with Gasteiger partial charge in [-0.25, -0.2) is 8.42 Å². The highest BCUT2D eigenvalue weighted by molar-refractivity contribution is 7.89. The number of halogens is 1. The Kier molecular flexibility index (Phi) is 6.70. The molecule has 1 aliphatic heterocycles. The molecule has 2 aliphatic rings. The number of rotatable bonds is 5. The predicted molar refractivity (Wildman–Crippen MR) is 123 cm³/mol. The normalized spacial score (nSPS) is 18.9. The van der Waals surface area contributed by atoms with Crippen LogP contribution in [-0.4, -0.2) is 31.7 Å². The average Bonchev–Trinajstić information content (AvgIpc) is 2.78. The summed E-state index contributed by atoms with van der Waals surface area (Å²) in [6, 6.07) is 12.9. The Labute approximate surface area is 189 Å². The molecule has 31 heavy (non-hydrogen) atoms. The van der Waals surface area contributed by atoms with Crippen LogP contribution in [0.15, 0.2) is 47.4 Å². The van der Waals surface area contributed by atoms with Crippen molar-refractivity contribution in [2.75, 3.05) is 13.1 Å². The summed E-state index contributed by atoms with van der Waals surface area (Å²) >= 11 is 6.05. The summed E-state index contributed by atoms with van der Waals surface area (Å²) in [6.07, 6.45) is 5.32. The molecule has 1 atom stereocenters. The molecule has 166 valence electrons. The van der Waals surface area contributed by atoms with Crippen LogP contribution in [0, 0.1) is 5.92 Å². The number of hydrogen-bond donors (Lipinski definition) is 1. The second kappa shape index (κ2) is 9.31. The standard InChI is InChI=1S/C24H29ClN2O3S/c1-17(20-7-4-8-22(25)15-20)26-24(28)19-11-13-27(14-12-19)31(29,30)23-10-9-18-5-2-3-6-21(18)16-23/h4,7-10,15-17,19H,2-3,5-6,11-14H2,1H3,(H,26,28). The number of fused-ring (bicyclic) bond motifs is 1. The Morgan fingerprint density at radius 3 is 2.48 bits per heavy atom. The van der Waals surface area contributed by atoms with Gasteiger partial charge in [-0.3, -0.25) is 4.79 Å². The number of sulfonamides is 1. The van der Waals surface area contributed by atoms with Crippen molar-refractivity contribution in [3.63, 3.8) is 0 Å². The fraction of sp³-hybridized carbons (Fsp3) is 0.458. The van der Waals surface area contributed by atoms with Crippen LogP contribution in [-0.2, 0) is 27.7 Å². The lowest BCUT2D eigenvalue weighted by Gasteiger charge is -2.31. The molecule has 2 aromatic carbocycles. The number of aryl methyl sites for hydroxylation is 2. The Morgan fingerprint density at radius 2 is 1.77 bits per heavy atom. The van der Waals surface area contributed by atoms with Crippen molar-refractivity contribution >= 4 is 27.5 Å². The van der Waals surface area contributed by atoms with E-state index < -0.39 is 10.0 Å². The maximum Gasteiger partial charge on any atom is 0.243 e. The molecule has 0 radical (unpaired) electrons. The molecule has 0 aromatic heterocycles. The van der Waals surface area contributed by atoms with E-state index in [1.54, 1.807) is 12.1 Å². The third kappa shape index (κ3) is 4.97. The van der Waals surface area contributed by atoms with Crippen molar-refractivity contribution in [3.05, 3.63) is 64.2 Å². The van der Waals surface area contributed by atoms with Crippen molar-refractivity contribution < 1.29 is 13.2 Å². The molecule has 1 fully saturated rings. The lowest BCUT2D eigenvalue weighted by molar-refractivity contribution is -0.126. The predicted octanol–water partition coefficient (Wildman–Crippen LogP) is 4.50. The van der Waals surface area contributed by atoms with Gasteiger partial charge in [0.2, 0.25) is 15.9 Å². The monoisotopic (exact) mass is 460 g/mol. The van der Waals surface area contributed by atoms with Gasteiger partial charge in [0.25, 0.3) is 0 Å². The minimum absolute atomic E-state index is 0.0293. The van der Waals surface area contributed by atoms with E-state index in [2.05, 4.69) is 5.32 Å². The number of hydrogen-bond acceptors (Lipinski definition) is 3. The Morgan fingerprint density at radius 1 is 1.06 bits per heavy atom. The van der Waals surface area contributed by atoms with Gasteiger partial charge in [-0.05, 0) is 86.4 Å². The van der Waals surface area contributed by atoms with E-state index in [9.17, 15) is 13.2 Å². The highest BCUT2D eigenvalue weighted by atomic mass is 35.5. The zero-order valence-electron chi connectivity index (χ0n) is 17.8. The largest absolute Gasteiger partial charge is 0.349 e. The van der Waals surface area contributed by atoms with Crippen LogP contribution in [0.1, 0.15) is 55.3 Å². The summed E-state index contributed by atoms with van der Waals surface area (Å²) in [6.45, 7) is 2.66. The van der Waals surface area contributed by atoms with Crippen molar-refractivity contribution in [2.24, 2.45) is 5.92 Å². The molecule has 0 bridgehead atoms. The number of carbonyl (C=O) groups is 1. The molecule has 1 saturated heterocycles. The average molecular weight is 461 g/mol. The molecule has 0 saturated carbocycles. The number of carbonyl (C=O) groups excluding carboxylic acids is 1. The van der Waals surface area contributed by atoms with Crippen molar-refractivity contribution in [1.82, 2.24) is 9.62 Å². The maximum atomic E-state index is 13.2. The molecule has 0 spiro atoms. The summed E-state index contributed by atoms with van der Waals surface area (Å²) in [5.41, 5.74) is 3.39. The summed E-state index contributed by atoms with van der Waals surface area (Å²) in [5, 5.41) is 3.69. The summed E-state index contributed by atoms with van der Waals surface area (Å²) < 4.78 is 27.8. The first kappa shape index (κ1) is 22.3. The molecule has 1 aliphatic carbocycles. The van der Waals surface area contributed by atoms with E-state index in [-0.39, 0.29) is 17.9 Å². The lowest BCUT2D eigenvalue weighted by Crippen LogP contribution is -2.43. The molecule has 2 aromatic rings. The van der Waals surface area contributed by atoms with Gasteiger partial charge in [-0.15, -0.1) is 0 Å². The minimum atomic E-state index is -3.53. The number of amides is 1. The quantitative estimate of drug-likeness (QED) is 0.714. The van der Waals surface area contributed by atoms with Gasteiger partial charge in [0.05, 0.1) is 10.9 Å². The van der Waals surface area contributed by atoms with E-state index in [1.807, 2.05) is 37.3 Å². The van der Waals surface area contributed by atoms with Crippen LogP contribution in [0.25, 0.3) is 0 Å². The second-order valence-corrected chi connectivity index (χ2v) is 11.0. The topological polar surface area (TPSA) is 66.5 Å². The van der Waals surface area contributed by atoms with Crippen LogP contribution < -0.4 is 5.32 Å². The first-order valence-electron chi connectivity index (χ1n) is 11.0. The van der Waals surface area contributed by atoms with E-state index in [0.29, 0.717) is 35.8 Å². The third-order valence-corrected chi connectivity index (χ3v) is 8.62. The first-order chi connectivity index (χ1) is 14.8. The van der Waals surface area contributed by atoms with Crippen molar-refractivity contribution in [3.8, 4) is 0 Å². The van der Waals surface area contributed by atoms with Gasteiger partial charge in [0.15, 0.2) is 0 Å². The molecule has 5 nitrogen and oxygen atoms in total. The zero-order chi connectivity index (χ0) is 22.0. The maximum absolute atomic E-state index is 13.2. The molecular weight excluding hydrogens is 432 g/mol. The van der Waals surface area contributed by atoms with Gasteiger partial charge >= 0.3 is 0 Å². The number of piperidine rings is 1. The van der Waals surface area contributed by atoms with Gasteiger partial charge in [0.1, 0.15) is 0 Å². The SMILES string of the molecule is CC(NC(=O)C1CCN(S(=O)(=O)c2ccc3c(c2)CCCC3)CC1)c1cccc(Cl)c1. The highest BCUT2D eigenvalue weighted by Crippen LogP contribution is 2.28.